The lowest BCUT2D eigenvalue weighted by Crippen LogP contribution is -2.52. The van der Waals surface area contributed by atoms with Crippen molar-refractivity contribution < 1.29 is 0 Å². The summed E-state index contributed by atoms with van der Waals surface area (Å²) in [5.74, 6) is 0. The second kappa shape index (κ2) is 3.75. The van der Waals surface area contributed by atoms with Gasteiger partial charge in [0.1, 0.15) is 0 Å². The van der Waals surface area contributed by atoms with Crippen LogP contribution in [0.2, 0.25) is 0 Å². The van der Waals surface area contributed by atoms with E-state index in [0.29, 0.717) is 11.5 Å². The van der Waals surface area contributed by atoms with E-state index in [2.05, 4.69) is 38.3 Å². The molecule has 0 bridgehead atoms. The van der Waals surface area contributed by atoms with Gasteiger partial charge in [0.2, 0.25) is 0 Å². The van der Waals surface area contributed by atoms with Gasteiger partial charge in [0.05, 0.1) is 0 Å². The van der Waals surface area contributed by atoms with E-state index in [1.54, 1.807) is 0 Å². The van der Waals surface area contributed by atoms with Crippen LogP contribution in [0.4, 0.5) is 0 Å². The summed E-state index contributed by atoms with van der Waals surface area (Å²) in [6, 6.07) is 0.707. The smallest absolute Gasteiger partial charge is 0.0129 e. The zero-order chi connectivity index (χ0) is 9.19. The Morgan fingerprint density at radius 2 is 2.00 bits per heavy atom. The van der Waals surface area contributed by atoms with Crippen LogP contribution in [0.25, 0.3) is 0 Å². The number of nitrogens with one attached hydrogen (secondary N) is 1. The third-order valence-corrected chi connectivity index (χ3v) is 3.54. The maximum Gasteiger partial charge on any atom is 0.0129 e. The van der Waals surface area contributed by atoms with Crippen LogP contribution in [0, 0.1) is 5.41 Å². The van der Waals surface area contributed by atoms with Gasteiger partial charge in [0.25, 0.3) is 0 Å². The molecular formula is C10H22N2. The molecular weight excluding hydrogens is 148 g/mol. The highest BCUT2D eigenvalue weighted by molar-refractivity contribution is 4.96. The summed E-state index contributed by atoms with van der Waals surface area (Å²) >= 11 is 0. The van der Waals surface area contributed by atoms with Crippen molar-refractivity contribution in [1.29, 1.82) is 0 Å². The van der Waals surface area contributed by atoms with Crippen LogP contribution in [0.15, 0.2) is 0 Å². The van der Waals surface area contributed by atoms with Crippen molar-refractivity contribution in [2.75, 3.05) is 27.7 Å². The first kappa shape index (κ1) is 10.0. The zero-order valence-electron chi connectivity index (χ0n) is 8.85. The SMILES string of the molecule is CNCC1(C(C)N(C)C)CCC1. The lowest BCUT2D eigenvalue weighted by molar-refractivity contribution is 0.0332. The minimum atomic E-state index is 0.568. The Hall–Kier alpha value is -0.0800. The molecule has 12 heavy (non-hydrogen) atoms. The predicted molar refractivity (Wildman–Crippen MR) is 53.4 cm³/mol. The van der Waals surface area contributed by atoms with Crippen molar-refractivity contribution in [2.45, 2.75) is 32.2 Å². The Bertz CT molecular complexity index is 139. The standard InChI is InChI=1S/C10H22N2/c1-9(12(3)4)10(8-11-2)6-5-7-10/h9,11H,5-8H2,1-4H3. The van der Waals surface area contributed by atoms with Crippen LogP contribution in [0.3, 0.4) is 0 Å². The minimum absolute atomic E-state index is 0.568. The molecule has 0 amide bonds. The summed E-state index contributed by atoms with van der Waals surface area (Å²) in [4.78, 5) is 2.34. The molecule has 1 unspecified atom stereocenters. The minimum Gasteiger partial charge on any atom is -0.319 e. The fourth-order valence-corrected chi connectivity index (χ4v) is 2.27. The van der Waals surface area contributed by atoms with Crippen LogP contribution in [0.1, 0.15) is 26.2 Å². The van der Waals surface area contributed by atoms with E-state index >= 15 is 0 Å². The summed E-state index contributed by atoms with van der Waals surface area (Å²) in [5, 5.41) is 3.32. The molecule has 2 heteroatoms. The van der Waals surface area contributed by atoms with Crippen molar-refractivity contribution in [1.82, 2.24) is 10.2 Å². The molecule has 0 aromatic heterocycles. The number of nitrogens with zero attached hydrogens (tertiary/aromatic N) is 1. The monoisotopic (exact) mass is 170 g/mol. The summed E-state index contributed by atoms with van der Waals surface area (Å²) < 4.78 is 0. The third kappa shape index (κ3) is 1.64. The van der Waals surface area contributed by atoms with Gasteiger partial charge in [-0.3, -0.25) is 0 Å². The van der Waals surface area contributed by atoms with Crippen LogP contribution in [-0.4, -0.2) is 38.6 Å². The van der Waals surface area contributed by atoms with Gasteiger partial charge in [-0.15, -0.1) is 0 Å². The normalized spacial score (nSPS) is 23.8. The van der Waals surface area contributed by atoms with Gasteiger partial charge in [0, 0.05) is 12.6 Å². The average Bonchev–Trinajstić information content (AvgIpc) is 1.95. The van der Waals surface area contributed by atoms with Gasteiger partial charge < -0.3 is 10.2 Å². The van der Waals surface area contributed by atoms with E-state index in [1.807, 2.05) is 0 Å². The Balaban J connectivity index is 2.53. The molecule has 2 nitrogen and oxygen atoms in total. The molecule has 1 rings (SSSR count). The Morgan fingerprint density at radius 3 is 2.25 bits per heavy atom. The highest BCUT2D eigenvalue weighted by Crippen LogP contribution is 2.44. The van der Waals surface area contributed by atoms with Crippen LogP contribution in [0.5, 0.6) is 0 Å². The van der Waals surface area contributed by atoms with Crippen LogP contribution >= 0.6 is 0 Å². The molecule has 1 atom stereocenters. The van der Waals surface area contributed by atoms with Crippen molar-refractivity contribution in [3.63, 3.8) is 0 Å². The highest BCUT2D eigenvalue weighted by atomic mass is 15.1. The third-order valence-electron chi connectivity index (χ3n) is 3.54. The molecule has 0 spiro atoms. The maximum absolute atomic E-state index is 3.32. The van der Waals surface area contributed by atoms with Crippen molar-refractivity contribution in [3.8, 4) is 0 Å². The average molecular weight is 170 g/mol. The van der Waals surface area contributed by atoms with Gasteiger partial charge in [-0.2, -0.15) is 0 Å². The van der Waals surface area contributed by atoms with Gasteiger partial charge in [0.15, 0.2) is 0 Å². The van der Waals surface area contributed by atoms with Crippen molar-refractivity contribution >= 4 is 0 Å². The summed E-state index contributed by atoms with van der Waals surface area (Å²) in [5.41, 5.74) is 0.568. The van der Waals surface area contributed by atoms with Gasteiger partial charge in [-0.25, -0.2) is 0 Å². The Labute approximate surface area is 76.3 Å². The number of rotatable bonds is 4. The van der Waals surface area contributed by atoms with Gasteiger partial charge in [-0.05, 0) is 46.3 Å². The largest absolute Gasteiger partial charge is 0.319 e. The van der Waals surface area contributed by atoms with E-state index in [0.717, 1.165) is 0 Å². The molecule has 1 N–H and O–H groups in total. The topological polar surface area (TPSA) is 15.3 Å². The van der Waals surface area contributed by atoms with E-state index in [-0.39, 0.29) is 0 Å². The van der Waals surface area contributed by atoms with E-state index in [4.69, 9.17) is 0 Å². The quantitative estimate of drug-likeness (QED) is 0.684. The molecule has 1 fully saturated rings. The lowest BCUT2D eigenvalue weighted by atomic mass is 9.64. The molecule has 72 valence electrons. The molecule has 1 aliphatic carbocycles. The zero-order valence-corrected chi connectivity index (χ0v) is 8.85. The summed E-state index contributed by atoms with van der Waals surface area (Å²) in [6.45, 7) is 3.52. The van der Waals surface area contributed by atoms with Gasteiger partial charge in [-0.1, -0.05) is 6.42 Å². The molecule has 1 saturated carbocycles. The van der Waals surface area contributed by atoms with Crippen molar-refractivity contribution in [2.24, 2.45) is 5.41 Å². The molecule has 0 aromatic rings. The maximum atomic E-state index is 3.32. The van der Waals surface area contributed by atoms with E-state index in [9.17, 15) is 0 Å². The van der Waals surface area contributed by atoms with E-state index in [1.165, 1.54) is 25.8 Å². The fraction of sp³-hybridized carbons (Fsp3) is 1.00. The Kier molecular flexibility index (Phi) is 3.13. The number of hydrogen-bond acceptors (Lipinski definition) is 2. The molecule has 0 heterocycles. The molecule has 1 aliphatic rings. The predicted octanol–water partition coefficient (Wildman–Crippen LogP) is 1.33. The van der Waals surface area contributed by atoms with E-state index < -0.39 is 0 Å². The first-order valence-electron chi connectivity index (χ1n) is 4.93. The molecule has 0 radical (unpaired) electrons. The van der Waals surface area contributed by atoms with Gasteiger partial charge >= 0.3 is 0 Å². The lowest BCUT2D eigenvalue weighted by Gasteiger charge is -2.49. The fourth-order valence-electron chi connectivity index (χ4n) is 2.27. The second-order valence-electron chi connectivity index (χ2n) is 4.39. The molecule has 0 saturated heterocycles. The Morgan fingerprint density at radius 1 is 1.42 bits per heavy atom. The number of hydrogen-bond donors (Lipinski definition) is 1. The summed E-state index contributed by atoms with van der Waals surface area (Å²) in [6.07, 6.45) is 4.21. The molecule has 0 aliphatic heterocycles. The van der Waals surface area contributed by atoms with Crippen molar-refractivity contribution in [3.05, 3.63) is 0 Å². The first-order valence-corrected chi connectivity index (χ1v) is 4.93. The summed E-state index contributed by atoms with van der Waals surface area (Å²) in [7, 11) is 6.42. The van der Waals surface area contributed by atoms with Crippen LogP contribution in [-0.2, 0) is 0 Å². The molecule has 0 aromatic carbocycles. The second-order valence-corrected chi connectivity index (χ2v) is 4.39. The highest BCUT2D eigenvalue weighted by Gasteiger charge is 2.41. The van der Waals surface area contributed by atoms with Crippen LogP contribution < -0.4 is 5.32 Å². The first-order chi connectivity index (χ1) is 5.62.